The van der Waals surface area contributed by atoms with E-state index in [9.17, 15) is 4.79 Å². The molecule has 2 rings (SSSR count). The predicted octanol–water partition coefficient (Wildman–Crippen LogP) is 2.56. The summed E-state index contributed by atoms with van der Waals surface area (Å²) in [6, 6.07) is 0. The number of hydrogen-bond donors (Lipinski definition) is 2. The van der Waals surface area contributed by atoms with E-state index in [0.29, 0.717) is 5.82 Å². The van der Waals surface area contributed by atoms with Crippen LogP contribution in [-0.4, -0.2) is 27.6 Å². The van der Waals surface area contributed by atoms with Gasteiger partial charge in [-0.15, -0.1) is 0 Å². The van der Waals surface area contributed by atoms with Gasteiger partial charge in [0.1, 0.15) is 0 Å². The highest BCUT2D eigenvalue weighted by Crippen LogP contribution is 2.35. The van der Waals surface area contributed by atoms with Crippen molar-refractivity contribution >= 4 is 11.8 Å². The van der Waals surface area contributed by atoms with Crippen LogP contribution < -0.4 is 5.32 Å². The maximum atomic E-state index is 11.0. The molecule has 5 nitrogen and oxygen atoms in total. The van der Waals surface area contributed by atoms with Gasteiger partial charge in [-0.05, 0) is 18.3 Å². The fourth-order valence-electron chi connectivity index (χ4n) is 2.50. The van der Waals surface area contributed by atoms with E-state index in [1.807, 2.05) is 0 Å². The Kier molecular flexibility index (Phi) is 3.79. The number of nitrogens with zero attached hydrogens (tertiary/aromatic N) is 2. The summed E-state index contributed by atoms with van der Waals surface area (Å²) in [5, 5.41) is 12.2. The summed E-state index contributed by atoms with van der Waals surface area (Å²) in [5.74, 6) is -0.670. The lowest BCUT2D eigenvalue weighted by molar-refractivity contribution is 0.0691. The van der Waals surface area contributed by atoms with Gasteiger partial charge >= 0.3 is 5.97 Å². The first-order chi connectivity index (χ1) is 8.61. The second kappa shape index (κ2) is 5.33. The molecule has 1 heterocycles. The normalized spacial score (nSPS) is 18.3. The Morgan fingerprint density at radius 1 is 1.33 bits per heavy atom. The van der Waals surface area contributed by atoms with Crippen LogP contribution in [0.5, 0.6) is 0 Å². The number of aromatic nitrogens is 2. The number of carboxylic acids is 1. The highest BCUT2D eigenvalue weighted by molar-refractivity contribution is 5.90. The van der Waals surface area contributed by atoms with Crippen molar-refractivity contribution in [3.63, 3.8) is 0 Å². The largest absolute Gasteiger partial charge is 0.476 e. The molecule has 1 saturated carbocycles. The summed E-state index contributed by atoms with van der Waals surface area (Å²) in [4.78, 5) is 18.9. The highest BCUT2D eigenvalue weighted by Gasteiger charge is 2.27. The summed E-state index contributed by atoms with van der Waals surface area (Å²) in [5.41, 5.74) is 0.239. The van der Waals surface area contributed by atoms with Crippen LogP contribution >= 0.6 is 0 Å². The summed E-state index contributed by atoms with van der Waals surface area (Å²) in [6.45, 7) is 3.00. The van der Waals surface area contributed by atoms with Crippen LogP contribution in [0.1, 0.15) is 49.5 Å². The summed E-state index contributed by atoms with van der Waals surface area (Å²) in [7, 11) is 0. The van der Waals surface area contributed by atoms with Gasteiger partial charge in [-0.1, -0.05) is 26.2 Å². The van der Waals surface area contributed by atoms with Gasteiger partial charge in [0.15, 0.2) is 11.5 Å². The third-order valence-corrected chi connectivity index (χ3v) is 3.64. The van der Waals surface area contributed by atoms with Crippen LogP contribution in [0.4, 0.5) is 5.82 Å². The monoisotopic (exact) mass is 249 g/mol. The maximum absolute atomic E-state index is 11.0. The Labute approximate surface area is 107 Å². The summed E-state index contributed by atoms with van der Waals surface area (Å²) in [6.07, 6.45) is 9.09. The first kappa shape index (κ1) is 12.8. The van der Waals surface area contributed by atoms with Crippen molar-refractivity contribution in [2.45, 2.75) is 39.0 Å². The Hall–Kier alpha value is -1.65. The van der Waals surface area contributed by atoms with Gasteiger partial charge in [-0.25, -0.2) is 14.8 Å². The fourth-order valence-corrected chi connectivity index (χ4v) is 2.50. The van der Waals surface area contributed by atoms with Gasteiger partial charge in [0.05, 0.1) is 0 Å². The number of hydrogen-bond acceptors (Lipinski definition) is 4. The van der Waals surface area contributed by atoms with E-state index >= 15 is 0 Å². The minimum atomic E-state index is -1.04. The average Bonchev–Trinajstić information content (AvgIpc) is 2.38. The van der Waals surface area contributed by atoms with Crippen molar-refractivity contribution < 1.29 is 9.90 Å². The molecule has 0 unspecified atom stereocenters. The zero-order valence-corrected chi connectivity index (χ0v) is 10.6. The first-order valence-electron chi connectivity index (χ1n) is 6.39. The van der Waals surface area contributed by atoms with Crippen molar-refractivity contribution in [2.75, 3.05) is 11.9 Å². The number of aromatic carboxylic acids is 1. The molecule has 1 aliphatic carbocycles. The molecule has 18 heavy (non-hydrogen) atoms. The number of carbonyl (C=O) groups is 1. The Balaban J connectivity index is 2.03. The lowest BCUT2D eigenvalue weighted by Gasteiger charge is -2.33. The minimum absolute atomic E-state index is 0.00286. The van der Waals surface area contributed by atoms with Gasteiger partial charge in [0.2, 0.25) is 0 Å². The molecule has 0 atom stereocenters. The molecule has 1 fully saturated rings. The highest BCUT2D eigenvalue weighted by atomic mass is 16.4. The molecular weight excluding hydrogens is 230 g/mol. The zero-order valence-electron chi connectivity index (χ0n) is 10.6. The topological polar surface area (TPSA) is 75.1 Å². The second-order valence-electron chi connectivity index (χ2n) is 5.28. The lowest BCUT2D eigenvalue weighted by atomic mass is 9.76. The van der Waals surface area contributed by atoms with E-state index in [1.165, 1.54) is 44.5 Å². The fraction of sp³-hybridized carbons (Fsp3) is 0.615. The molecule has 1 aliphatic rings. The Bertz CT molecular complexity index is 428. The number of rotatable bonds is 4. The van der Waals surface area contributed by atoms with Gasteiger partial charge in [-0.2, -0.15) is 0 Å². The summed E-state index contributed by atoms with van der Waals surface area (Å²) < 4.78 is 0. The quantitative estimate of drug-likeness (QED) is 0.857. The van der Waals surface area contributed by atoms with E-state index in [0.717, 1.165) is 6.54 Å². The Morgan fingerprint density at radius 2 is 2.00 bits per heavy atom. The summed E-state index contributed by atoms with van der Waals surface area (Å²) >= 11 is 0. The van der Waals surface area contributed by atoms with Crippen molar-refractivity contribution in [1.29, 1.82) is 0 Å². The first-order valence-corrected chi connectivity index (χ1v) is 6.39. The Morgan fingerprint density at radius 3 is 2.67 bits per heavy atom. The van der Waals surface area contributed by atoms with Crippen LogP contribution in [0.25, 0.3) is 0 Å². The zero-order chi connectivity index (χ0) is 13.0. The van der Waals surface area contributed by atoms with Crippen LogP contribution in [0.15, 0.2) is 12.4 Å². The molecule has 0 amide bonds. The molecular formula is C13H19N3O2. The molecule has 2 N–H and O–H groups in total. The third-order valence-electron chi connectivity index (χ3n) is 3.64. The molecule has 0 bridgehead atoms. The van der Waals surface area contributed by atoms with Gasteiger partial charge in [0.25, 0.3) is 0 Å². The van der Waals surface area contributed by atoms with Crippen LogP contribution in [0.2, 0.25) is 0 Å². The maximum Gasteiger partial charge on any atom is 0.358 e. The van der Waals surface area contributed by atoms with Crippen molar-refractivity contribution in [1.82, 2.24) is 9.97 Å². The van der Waals surface area contributed by atoms with Gasteiger partial charge in [-0.3, -0.25) is 0 Å². The molecule has 1 aromatic rings. The number of nitrogens with one attached hydrogen (secondary N) is 1. The van der Waals surface area contributed by atoms with Crippen molar-refractivity contribution in [3.8, 4) is 0 Å². The average molecular weight is 249 g/mol. The lowest BCUT2D eigenvalue weighted by Crippen LogP contribution is -2.29. The van der Waals surface area contributed by atoms with E-state index in [2.05, 4.69) is 22.2 Å². The molecule has 98 valence electrons. The van der Waals surface area contributed by atoms with Crippen molar-refractivity contribution in [2.24, 2.45) is 5.41 Å². The molecule has 1 aromatic heterocycles. The van der Waals surface area contributed by atoms with Gasteiger partial charge < -0.3 is 10.4 Å². The van der Waals surface area contributed by atoms with Crippen LogP contribution in [0, 0.1) is 5.41 Å². The smallest absolute Gasteiger partial charge is 0.358 e. The van der Waals surface area contributed by atoms with E-state index in [1.54, 1.807) is 0 Å². The van der Waals surface area contributed by atoms with Crippen LogP contribution in [-0.2, 0) is 0 Å². The van der Waals surface area contributed by atoms with Crippen LogP contribution in [0.3, 0.4) is 0 Å². The number of carboxylic acid groups (broad SMARTS) is 1. The van der Waals surface area contributed by atoms with E-state index in [-0.39, 0.29) is 11.1 Å². The molecule has 0 spiro atoms. The minimum Gasteiger partial charge on any atom is -0.476 e. The predicted molar refractivity (Wildman–Crippen MR) is 68.7 cm³/mol. The SMILES string of the molecule is CC1(CNc2nccnc2C(=O)O)CCCCC1. The standard InChI is InChI=1S/C13H19N3O2/c1-13(5-3-2-4-6-13)9-16-11-10(12(17)18)14-7-8-15-11/h7-8H,2-6,9H2,1H3,(H,15,16)(H,17,18). The van der Waals surface area contributed by atoms with E-state index in [4.69, 9.17) is 5.11 Å². The molecule has 0 aliphatic heterocycles. The molecule has 0 aromatic carbocycles. The number of anilines is 1. The third kappa shape index (κ3) is 2.97. The van der Waals surface area contributed by atoms with Crippen molar-refractivity contribution in [3.05, 3.63) is 18.1 Å². The second-order valence-corrected chi connectivity index (χ2v) is 5.28. The molecule has 0 saturated heterocycles. The van der Waals surface area contributed by atoms with Gasteiger partial charge in [0, 0.05) is 18.9 Å². The molecule has 5 heteroatoms. The van der Waals surface area contributed by atoms with E-state index < -0.39 is 5.97 Å². The molecule has 0 radical (unpaired) electrons.